The van der Waals surface area contributed by atoms with E-state index in [4.69, 9.17) is 21.1 Å². The van der Waals surface area contributed by atoms with E-state index in [9.17, 15) is 14.0 Å². The number of carbonyl (C=O) groups excluding carboxylic acids is 2. The number of halogens is 2. The van der Waals surface area contributed by atoms with Gasteiger partial charge in [-0.05, 0) is 73.6 Å². The molecular formula is C35H33ClFNO4. The lowest BCUT2D eigenvalue weighted by Gasteiger charge is -2.44. The summed E-state index contributed by atoms with van der Waals surface area (Å²) in [5, 5.41) is 0.334. The molecule has 42 heavy (non-hydrogen) atoms. The van der Waals surface area contributed by atoms with Crippen molar-refractivity contribution in [1.82, 2.24) is 4.90 Å². The topological polar surface area (TPSA) is 55.8 Å². The number of nitrogens with zero attached hydrogens (tertiary/aromatic N) is 1. The van der Waals surface area contributed by atoms with Crippen molar-refractivity contribution in [2.24, 2.45) is 0 Å². The smallest absolute Gasteiger partial charge is 0.180 e. The number of rotatable bonds is 8. The summed E-state index contributed by atoms with van der Waals surface area (Å²) in [6.45, 7) is 3.05. The van der Waals surface area contributed by atoms with Gasteiger partial charge in [0.2, 0.25) is 0 Å². The minimum Gasteiger partial charge on any atom is -0.490 e. The lowest BCUT2D eigenvalue weighted by molar-refractivity contribution is -0.117. The first-order valence-corrected chi connectivity index (χ1v) is 15.0. The summed E-state index contributed by atoms with van der Waals surface area (Å²) in [6, 6.07) is 20.0. The Hall–Kier alpha value is -3.90. The molecule has 0 amide bonds. The molecule has 0 saturated carbocycles. The minimum absolute atomic E-state index is 0.0787. The second-order valence-corrected chi connectivity index (χ2v) is 11.4. The molecular weight excluding hydrogens is 553 g/mol. The monoisotopic (exact) mass is 585 g/mol. The quantitative estimate of drug-likeness (QED) is 0.267. The molecule has 3 aromatic rings. The number of allylic oxidation sites excluding steroid dienone is 4. The van der Waals surface area contributed by atoms with Crippen molar-refractivity contribution in [2.45, 2.75) is 64.5 Å². The zero-order valence-electron chi connectivity index (χ0n) is 23.6. The predicted octanol–water partition coefficient (Wildman–Crippen LogP) is 8.07. The van der Waals surface area contributed by atoms with Gasteiger partial charge in [-0.3, -0.25) is 9.59 Å². The zero-order valence-corrected chi connectivity index (χ0v) is 24.4. The summed E-state index contributed by atoms with van der Waals surface area (Å²) in [6.07, 6.45) is 4.04. The van der Waals surface area contributed by atoms with Crippen LogP contribution in [0.3, 0.4) is 0 Å². The van der Waals surface area contributed by atoms with E-state index >= 15 is 0 Å². The fourth-order valence-corrected chi connectivity index (χ4v) is 6.67. The minimum atomic E-state index is -0.509. The molecule has 1 aliphatic heterocycles. The molecule has 0 atom stereocenters. The number of ether oxygens (including phenoxy) is 2. The molecule has 3 aromatic carbocycles. The summed E-state index contributed by atoms with van der Waals surface area (Å²) >= 11 is 6.86. The highest BCUT2D eigenvalue weighted by molar-refractivity contribution is 6.32. The van der Waals surface area contributed by atoms with Crippen LogP contribution < -0.4 is 9.47 Å². The fourth-order valence-electron chi connectivity index (χ4n) is 6.40. The Morgan fingerprint density at radius 3 is 2.10 bits per heavy atom. The molecule has 0 saturated heterocycles. The lowest BCUT2D eigenvalue weighted by Crippen LogP contribution is -2.38. The maximum Gasteiger partial charge on any atom is 0.180 e. The number of carbonyl (C=O) groups is 2. The van der Waals surface area contributed by atoms with Crippen molar-refractivity contribution in [2.75, 3.05) is 6.61 Å². The van der Waals surface area contributed by atoms with E-state index in [1.807, 2.05) is 31.2 Å². The highest BCUT2D eigenvalue weighted by Crippen LogP contribution is 2.51. The largest absolute Gasteiger partial charge is 0.490 e. The SMILES string of the molecule is CCOc1cc(C2C3=C(CCCC3=O)N(Cc3ccccc3)C3=C2C(=O)CCC3)cc(Cl)c1OCc1ccc(F)cc1. The Bertz CT molecular complexity index is 1530. The highest BCUT2D eigenvalue weighted by atomic mass is 35.5. The van der Waals surface area contributed by atoms with Gasteiger partial charge in [-0.25, -0.2) is 4.39 Å². The molecule has 6 rings (SSSR count). The Balaban J connectivity index is 1.45. The molecule has 0 spiro atoms. The standard InChI is InChI=1S/C35H33ClFNO4/c1-2-41-31-19-24(18-26(36)35(31)42-21-23-14-16-25(37)17-15-23)32-33-27(10-6-12-29(33)39)38(20-22-8-4-3-5-9-22)28-11-7-13-30(40)34(28)32/h3-5,8-9,14-19,32H,2,6-7,10-13,20-21H2,1H3. The van der Waals surface area contributed by atoms with Gasteiger partial charge in [-0.15, -0.1) is 0 Å². The molecule has 216 valence electrons. The Morgan fingerprint density at radius 2 is 1.48 bits per heavy atom. The first-order chi connectivity index (χ1) is 20.4. The van der Waals surface area contributed by atoms with Crippen molar-refractivity contribution >= 4 is 23.2 Å². The third-order valence-electron chi connectivity index (χ3n) is 8.23. The van der Waals surface area contributed by atoms with Crippen molar-refractivity contribution in [3.63, 3.8) is 0 Å². The average molecular weight is 586 g/mol. The molecule has 0 N–H and O–H groups in total. The number of benzene rings is 3. The predicted molar refractivity (Wildman–Crippen MR) is 160 cm³/mol. The average Bonchev–Trinajstić information content (AvgIpc) is 2.99. The highest BCUT2D eigenvalue weighted by Gasteiger charge is 2.43. The normalized spacial score (nSPS) is 17.4. The summed E-state index contributed by atoms with van der Waals surface area (Å²) in [5.74, 6) is 0.157. The van der Waals surface area contributed by atoms with Crippen LogP contribution in [0, 0.1) is 5.82 Å². The third kappa shape index (κ3) is 5.48. The molecule has 0 radical (unpaired) electrons. The van der Waals surface area contributed by atoms with Gasteiger partial charge in [0.05, 0.1) is 11.6 Å². The Labute approximate surface area is 250 Å². The molecule has 3 aliphatic rings. The van der Waals surface area contributed by atoms with E-state index in [0.717, 1.165) is 53.8 Å². The van der Waals surface area contributed by atoms with Crippen molar-refractivity contribution in [3.05, 3.63) is 117 Å². The van der Waals surface area contributed by atoms with Gasteiger partial charge in [-0.1, -0.05) is 54.1 Å². The second kappa shape index (κ2) is 12.1. The van der Waals surface area contributed by atoms with E-state index in [-0.39, 0.29) is 24.0 Å². The number of Topliss-reactive ketones (excluding diaryl/α,β-unsaturated/α-hetero) is 2. The first-order valence-electron chi connectivity index (χ1n) is 14.6. The molecule has 0 aromatic heterocycles. The summed E-state index contributed by atoms with van der Waals surface area (Å²) < 4.78 is 25.5. The van der Waals surface area contributed by atoms with Crippen molar-refractivity contribution in [1.29, 1.82) is 0 Å². The summed E-state index contributed by atoms with van der Waals surface area (Å²) in [7, 11) is 0. The van der Waals surface area contributed by atoms with E-state index in [1.54, 1.807) is 18.2 Å². The van der Waals surface area contributed by atoms with E-state index in [0.29, 0.717) is 53.7 Å². The van der Waals surface area contributed by atoms with Gasteiger partial charge >= 0.3 is 0 Å². The molecule has 0 bridgehead atoms. The van der Waals surface area contributed by atoms with E-state index in [1.165, 1.54) is 12.1 Å². The molecule has 2 aliphatic carbocycles. The fraction of sp³-hybridized carbons (Fsp3) is 0.314. The Morgan fingerprint density at radius 1 is 0.833 bits per heavy atom. The van der Waals surface area contributed by atoms with Crippen LogP contribution in [0.15, 0.2) is 89.3 Å². The van der Waals surface area contributed by atoms with Crippen LogP contribution in [0.25, 0.3) is 0 Å². The van der Waals surface area contributed by atoms with Crippen molar-refractivity contribution in [3.8, 4) is 11.5 Å². The van der Waals surface area contributed by atoms with Crippen LogP contribution in [-0.2, 0) is 22.7 Å². The summed E-state index contributed by atoms with van der Waals surface area (Å²) in [4.78, 5) is 29.7. The van der Waals surface area contributed by atoms with Crippen LogP contribution in [-0.4, -0.2) is 23.1 Å². The van der Waals surface area contributed by atoms with Gasteiger partial charge in [0.25, 0.3) is 0 Å². The third-order valence-corrected chi connectivity index (χ3v) is 8.51. The van der Waals surface area contributed by atoms with Crippen LogP contribution in [0.5, 0.6) is 11.5 Å². The lowest BCUT2D eigenvalue weighted by atomic mass is 9.71. The van der Waals surface area contributed by atoms with Gasteiger partial charge in [-0.2, -0.15) is 0 Å². The van der Waals surface area contributed by atoms with E-state index in [2.05, 4.69) is 17.0 Å². The molecule has 7 heteroatoms. The van der Waals surface area contributed by atoms with Gasteiger partial charge in [0, 0.05) is 47.8 Å². The number of hydrogen-bond donors (Lipinski definition) is 0. The zero-order chi connectivity index (χ0) is 29.2. The number of ketones is 2. The van der Waals surface area contributed by atoms with Crippen molar-refractivity contribution < 1.29 is 23.5 Å². The summed E-state index contributed by atoms with van der Waals surface area (Å²) in [5.41, 5.74) is 6.10. The van der Waals surface area contributed by atoms with E-state index < -0.39 is 5.92 Å². The Kier molecular flexibility index (Phi) is 8.16. The van der Waals surface area contributed by atoms with Crippen LogP contribution in [0.2, 0.25) is 5.02 Å². The van der Waals surface area contributed by atoms with Gasteiger partial charge < -0.3 is 14.4 Å². The van der Waals surface area contributed by atoms with Gasteiger partial charge in [0.1, 0.15) is 12.4 Å². The number of hydrogen-bond acceptors (Lipinski definition) is 5. The maximum atomic E-state index is 13.7. The van der Waals surface area contributed by atoms with Crippen LogP contribution in [0.4, 0.5) is 4.39 Å². The molecule has 1 heterocycles. The maximum absolute atomic E-state index is 13.7. The van der Waals surface area contributed by atoms with Crippen LogP contribution >= 0.6 is 11.6 Å². The second-order valence-electron chi connectivity index (χ2n) is 11.0. The van der Waals surface area contributed by atoms with Crippen LogP contribution in [0.1, 0.15) is 68.1 Å². The molecule has 0 unspecified atom stereocenters. The first kappa shape index (κ1) is 28.2. The molecule has 0 fully saturated rings. The molecule has 5 nitrogen and oxygen atoms in total. The van der Waals surface area contributed by atoms with Gasteiger partial charge in [0.15, 0.2) is 23.1 Å².